The molecule has 8 heteroatoms. The third-order valence-corrected chi connectivity index (χ3v) is 2.88. The molecule has 0 unspecified atom stereocenters. The van der Waals surface area contributed by atoms with Gasteiger partial charge in [-0.05, 0) is 25.7 Å². The van der Waals surface area contributed by atoms with E-state index in [2.05, 4.69) is 5.43 Å². The average Bonchev–Trinajstić information content (AvgIpc) is 2.49. The predicted molar refractivity (Wildman–Crippen MR) is 80.6 cm³/mol. The van der Waals surface area contributed by atoms with E-state index in [-0.39, 0.29) is 37.5 Å². The minimum atomic E-state index is -0.462. The summed E-state index contributed by atoms with van der Waals surface area (Å²) in [5, 5.41) is 0.810. The van der Waals surface area contributed by atoms with Crippen LogP contribution in [0.25, 0.3) is 0 Å². The number of carbonyl (C=O) groups excluding carboxylic acids is 4. The summed E-state index contributed by atoms with van der Waals surface area (Å²) in [6.45, 7) is 3.65. The van der Waals surface area contributed by atoms with Gasteiger partial charge in [-0.25, -0.2) is 5.84 Å². The quantitative estimate of drug-likeness (QED) is 0.248. The maximum Gasteiger partial charge on any atom is 0.248 e. The van der Waals surface area contributed by atoms with Gasteiger partial charge in [-0.15, -0.1) is 0 Å². The summed E-state index contributed by atoms with van der Waals surface area (Å²) in [7, 11) is 0. The topological polar surface area (TPSA) is 122 Å². The van der Waals surface area contributed by atoms with Gasteiger partial charge in [0.25, 0.3) is 0 Å². The SMILES string of the molecule is CCCC(=O)NN(C(=O)CCC)C(=O)CCCCC(=O)NN. The maximum atomic E-state index is 12.1. The van der Waals surface area contributed by atoms with E-state index in [0.717, 1.165) is 5.01 Å². The second-order valence-corrected chi connectivity index (χ2v) is 4.93. The molecule has 0 fully saturated rings. The average molecular weight is 314 g/mol. The lowest BCUT2D eigenvalue weighted by Gasteiger charge is -2.21. The Balaban J connectivity index is 4.45. The highest BCUT2D eigenvalue weighted by Crippen LogP contribution is 2.05. The molecule has 126 valence electrons. The van der Waals surface area contributed by atoms with Gasteiger partial charge in [0.1, 0.15) is 0 Å². The fraction of sp³-hybridized carbons (Fsp3) is 0.714. The zero-order valence-corrected chi connectivity index (χ0v) is 13.3. The Labute approximate surface area is 130 Å². The van der Waals surface area contributed by atoms with Crippen molar-refractivity contribution in [2.75, 3.05) is 0 Å². The number of nitrogens with two attached hydrogens (primary N) is 1. The fourth-order valence-electron chi connectivity index (χ4n) is 1.74. The summed E-state index contributed by atoms with van der Waals surface area (Å²) < 4.78 is 0. The summed E-state index contributed by atoms with van der Waals surface area (Å²) >= 11 is 0. The number of amides is 4. The lowest BCUT2D eigenvalue weighted by atomic mass is 10.1. The highest BCUT2D eigenvalue weighted by atomic mass is 16.2. The molecule has 4 amide bonds. The molecule has 0 heterocycles. The molecule has 22 heavy (non-hydrogen) atoms. The molecule has 0 aromatic heterocycles. The second kappa shape index (κ2) is 11.7. The molecule has 0 aliphatic carbocycles. The van der Waals surface area contributed by atoms with Crippen molar-refractivity contribution in [2.24, 2.45) is 5.84 Å². The summed E-state index contributed by atoms with van der Waals surface area (Å²) in [5.41, 5.74) is 4.36. The van der Waals surface area contributed by atoms with E-state index in [1.54, 1.807) is 0 Å². The third-order valence-electron chi connectivity index (χ3n) is 2.88. The Morgan fingerprint density at radius 2 is 1.36 bits per heavy atom. The number of nitrogens with zero attached hydrogens (tertiary/aromatic N) is 1. The van der Waals surface area contributed by atoms with Gasteiger partial charge < -0.3 is 0 Å². The molecule has 0 rings (SSSR count). The van der Waals surface area contributed by atoms with Gasteiger partial charge in [-0.2, -0.15) is 5.01 Å². The van der Waals surface area contributed by atoms with Gasteiger partial charge >= 0.3 is 0 Å². The van der Waals surface area contributed by atoms with Crippen molar-refractivity contribution in [3.05, 3.63) is 0 Å². The Morgan fingerprint density at radius 1 is 0.818 bits per heavy atom. The van der Waals surface area contributed by atoms with Crippen LogP contribution in [0.4, 0.5) is 0 Å². The zero-order valence-electron chi connectivity index (χ0n) is 13.3. The molecule has 0 radical (unpaired) electrons. The smallest absolute Gasteiger partial charge is 0.248 e. The molecule has 8 nitrogen and oxygen atoms in total. The van der Waals surface area contributed by atoms with Crippen LogP contribution in [0.5, 0.6) is 0 Å². The number of imide groups is 1. The van der Waals surface area contributed by atoms with Crippen LogP contribution >= 0.6 is 0 Å². The molecule has 0 saturated heterocycles. The number of carbonyl (C=O) groups is 4. The van der Waals surface area contributed by atoms with Crippen LogP contribution < -0.4 is 16.7 Å². The van der Waals surface area contributed by atoms with E-state index in [4.69, 9.17) is 5.84 Å². The summed E-state index contributed by atoms with van der Waals surface area (Å²) in [6, 6.07) is 0. The van der Waals surface area contributed by atoms with Gasteiger partial charge in [0.05, 0.1) is 0 Å². The van der Waals surface area contributed by atoms with Crippen molar-refractivity contribution in [3.63, 3.8) is 0 Å². The molecule has 4 N–H and O–H groups in total. The predicted octanol–water partition coefficient (Wildman–Crippen LogP) is 0.523. The molecular weight excluding hydrogens is 288 g/mol. The van der Waals surface area contributed by atoms with E-state index in [9.17, 15) is 19.2 Å². The first kappa shape index (κ1) is 20.0. The monoisotopic (exact) mass is 314 g/mol. The molecule has 0 atom stereocenters. The van der Waals surface area contributed by atoms with Crippen LogP contribution in [0.15, 0.2) is 0 Å². The van der Waals surface area contributed by atoms with Crippen molar-refractivity contribution >= 4 is 23.6 Å². The van der Waals surface area contributed by atoms with Crippen LogP contribution in [-0.2, 0) is 19.2 Å². The lowest BCUT2D eigenvalue weighted by Crippen LogP contribution is -2.49. The fourth-order valence-corrected chi connectivity index (χ4v) is 1.74. The zero-order chi connectivity index (χ0) is 17.0. The van der Waals surface area contributed by atoms with Gasteiger partial charge in [0, 0.05) is 25.7 Å². The standard InChI is InChI=1S/C14H26N4O4/c1-3-7-12(20)17-18(13(21)8-4-2)14(22)10-6-5-9-11(19)16-15/h3-10,15H2,1-2H3,(H,16,19)(H,17,20). The minimum absolute atomic E-state index is 0.0830. The normalized spacial score (nSPS) is 9.95. The first-order chi connectivity index (χ1) is 10.5. The Bertz CT molecular complexity index is 398. The van der Waals surface area contributed by atoms with E-state index in [1.165, 1.54) is 0 Å². The first-order valence-electron chi connectivity index (χ1n) is 7.60. The van der Waals surface area contributed by atoms with E-state index in [0.29, 0.717) is 25.7 Å². The van der Waals surface area contributed by atoms with Crippen molar-refractivity contribution in [1.82, 2.24) is 15.9 Å². The summed E-state index contributed by atoms with van der Waals surface area (Å²) in [4.78, 5) is 46.6. The van der Waals surface area contributed by atoms with Crippen LogP contribution in [0.1, 0.15) is 65.2 Å². The van der Waals surface area contributed by atoms with Crippen molar-refractivity contribution in [1.29, 1.82) is 0 Å². The number of nitrogens with one attached hydrogen (secondary N) is 2. The van der Waals surface area contributed by atoms with Gasteiger partial charge in [0.2, 0.25) is 23.6 Å². The molecule has 0 bridgehead atoms. The largest absolute Gasteiger partial charge is 0.294 e. The third kappa shape index (κ3) is 8.35. The molecular formula is C14H26N4O4. The molecule has 0 aliphatic rings. The van der Waals surface area contributed by atoms with Crippen LogP contribution in [0.3, 0.4) is 0 Å². The first-order valence-corrected chi connectivity index (χ1v) is 7.60. The van der Waals surface area contributed by atoms with Crippen molar-refractivity contribution < 1.29 is 19.2 Å². The van der Waals surface area contributed by atoms with Crippen LogP contribution in [-0.4, -0.2) is 28.6 Å². The van der Waals surface area contributed by atoms with Crippen LogP contribution in [0, 0.1) is 0 Å². The second-order valence-electron chi connectivity index (χ2n) is 4.93. The van der Waals surface area contributed by atoms with Crippen LogP contribution in [0.2, 0.25) is 0 Å². The summed E-state index contributed by atoms with van der Waals surface area (Å²) in [6.07, 6.45) is 2.87. The van der Waals surface area contributed by atoms with E-state index in [1.807, 2.05) is 19.3 Å². The number of unbranched alkanes of at least 4 members (excludes halogenated alkanes) is 1. The molecule has 0 aromatic rings. The van der Waals surface area contributed by atoms with Gasteiger partial charge in [0.15, 0.2) is 0 Å². The minimum Gasteiger partial charge on any atom is -0.294 e. The number of hydrazine groups is 2. The molecule has 0 saturated carbocycles. The maximum absolute atomic E-state index is 12.1. The number of hydrogen-bond donors (Lipinski definition) is 3. The Hall–Kier alpha value is -1.96. The van der Waals surface area contributed by atoms with Gasteiger partial charge in [-0.3, -0.25) is 30.0 Å². The lowest BCUT2D eigenvalue weighted by molar-refractivity contribution is -0.153. The Morgan fingerprint density at radius 3 is 1.91 bits per heavy atom. The Kier molecular flexibility index (Phi) is 10.6. The van der Waals surface area contributed by atoms with Crippen molar-refractivity contribution in [2.45, 2.75) is 65.2 Å². The van der Waals surface area contributed by atoms with Crippen molar-refractivity contribution in [3.8, 4) is 0 Å². The van der Waals surface area contributed by atoms with E-state index < -0.39 is 11.8 Å². The molecule has 0 aromatic carbocycles. The van der Waals surface area contributed by atoms with Gasteiger partial charge in [-0.1, -0.05) is 13.8 Å². The highest BCUT2D eigenvalue weighted by Gasteiger charge is 2.22. The highest BCUT2D eigenvalue weighted by molar-refractivity contribution is 5.97. The molecule has 0 spiro atoms. The summed E-state index contributed by atoms with van der Waals surface area (Å²) in [5.74, 6) is 3.41. The van der Waals surface area contributed by atoms with E-state index >= 15 is 0 Å². The molecule has 0 aliphatic heterocycles. The number of hydrogen-bond acceptors (Lipinski definition) is 5. The number of rotatable bonds is 9.